The highest BCUT2D eigenvalue weighted by molar-refractivity contribution is 7.99. The van der Waals surface area contributed by atoms with Gasteiger partial charge in [-0.2, -0.15) is 0 Å². The molecule has 0 aliphatic rings. The largest absolute Gasteiger partial charge is 0.493 e. The first-order chi connectivity index (χ1) is 13.8. The molecule has 0 aliphatic carbocycles. The molecule has 0 spiro atoms. The van der Waals surface area contributed by atoms with Gasteiger partial charge >= 0.3 is 5.97 Å². The number of hydrogen-bond donors (Lipinski definition) is 0. The summed E-state index contributed by atoms with van der Waals surface area (Å²) in [6.07, 6.45) is 0. The van der Waals surface area contributed by atoms with Crippen molar-refractivity contribution in [3.63, 3.8) is 0 Å². The first-order valence-electron chi connectivity index (χ1n) is 8.69. The van der Waals surface area contributed by atoms with E-state index in [-0.39, 0.29) is 12.6 Å². The molecule has 1 heterocycles. The first kappa shape index (κ1) is 22.4. The average molecular weight is 420 g/mol. The zero-order chi connectivity index (χ0) is 21.4. The number of hydrogen-bond acceptors (Lipinski definition) is 9. The van der Waals surface area contributed by atoms with Gasteiger partial charge in [0.1, 0.15) is 0 Å². The predicted molar refractivity (Wildman–Crippen MR) is 108 cm³/mol. The highest BCUT2D eigenvalue weighted by Gasteiger charge is 2.22. The van der Waals surface area contributed by atoms with Crippen LogP contribution in [-0.4, -0.2) is 49.9 Å². The van der Waals surface area contributed by atoms with Crippen molar-refractivity contribution in [2.45, 2.75) is 26.0 Å². The van der Waals surface area contributed by atoms with Crippen molar-refractivity contribution < 1.29 is 28.2 Å². The van der Waals surface area contributed by atoms with Crippen LogP contribution >= 0.6 is 11.8 Å². The van der Waals surface area contributed by atoms with Gasteiger partial charge in [0.2, 0.25) is 11.6 Å². The third-order valence-electron chi connectivity index (χ3n) is 3.60. The molecule has 1 aromatic carbocycles. The van der Waals surface area contributed by atoms with E-state index in [9.17, 15) is 4.79 Å². The number of methoxy groups -OCH3 is 3. The summed E-state index contributed by atoms with van der Waals surface area (Å²) in [6.45, 7) is 5.43. The lowest BCUT2D eigenvalue weighted by atomic mass is 9.97. The second-order valence-electron chi connectivity index (χ2n) is 6.76. The van der Waals surface area contributed by atoms with Crippen LogP contribution in [0.4, 0.5) is 0 Å². The molecule has 29 heavy (non-hydrogen) atoms. The predicted octanol–water partition coefficient (Wildman–Crippen LogP) is 3.45. The van der Waals surface area contributed by atoms with E-state index in [1.165, 1.54) is 33.1 Å². The molecule has 0 unspecified atom stereocenters. The van der Waals surface area contributed by atoms with Crippen molar-refractivity contribution in [1.29, 1.82) is 0 Å². The lowest BCUT2D eigenvalue weighted by Gasteiger charge is -2.14. The second-order valence-corrected chi connectivity index (χ2v) is 7.68. The number of rotatable bonds is 7. The van der Waals surface area contributed by atoms with Gasteiger partial charge < -0.3 is 23.4 Å². The Morgan fingerprint density at radius 3 is 2.28 bits per heavy atom. The molecule has 0 N–H and O–H groups in total. The lowest BCUT2D eigenvalue weighted by Crippen LogP contribution is -2.22. The van der Waals surface area contributed by atoms with Crippen LogP contribution in [0.1, 0.15) is 20.8 Å². The van der Waals surface area contributed by atoms with E-state index in [0.717, 1.165) is 0 Å². The molecule has 0 atom stereocenters. The molecule has 1 aromatic heterocycles. The van der Waals surface area contributed by atoms with E-state index < -0.39 is 5.41 Å². The highest BCUT2D eigenvalue weighted by Crippen LogP contribution is 2.41. The topological polar surface area (TPSA) is 92.9 Å². The molecule has 0 bridgehead atoms. The number of esters is 1. The van der Waals surface area contributed by atoms with E-state index in [0.29, 0.717) is 39.7 Å². The molecule has 156 valence electrons. The summed E-state index contributed by atoms with van der Waals surface area (Å²) < 4.78 is 26.7. The average Bonchev–Trinajstić information content (AvgIpc) is 3.17. The van der Waals surface area contributed by atoms with Crippen LogP contribution in [0.15, 0.2) is 21.8 Å². The Morgan fingerprint density at radius 2 is 1.72 bits per heavy atom. The van der Waals surface area contributed by atoms with Gasteiger partial charge in [-0.25, -0.2) is 0 Å². The van der Waals surface area contributed by atoms with Crippen molar-refractivity contribution in [3.8, 4) is 40.5 Å². The summed E-state index contributed by atoms with van der Waals surface area (Å²) in [5.74, 6) is 7.60. The first-order valence-corrected chi connectivity index (χ1v) is 9.68. The number of nitrogens with zero attached hydrogens (tertiary/aromatic N) is 2. The molecule has 0 fully saturated rings. The molecule has 2 rings (SSSR count). The fourth-order valence-electron chi connectivity index (χ4n) is 2.11. The summed E-state index contributed by atoms with van der Waals surface area (Å²) in [7, 11) is 4.60. The monoisotopic (exact) mass is 420 g/mol. The van der Waals surface area contributed by atoms with Crippen molar-refractivity contribution in [1.82, 2.24) is 10.2 Å². The van der Waals surface area contributed by atoms with Crippen molar-refractivity contribution in [3.05, 3.63) is 12.1 Å². The van der Waals surface area contributed by atoms with Crippen LogP contribution < -0.4 is 14.2 Å². The van der Waals surface area contributed by atoms with Crippen molar-refractivity contribution in [2.75, 3.05) is 33.7 Å². The molecule has 2 aromatic rings. The lowest BCUT2D eigenvalue weighted by molar-refractivity contribution is -0.151. The highest BCUT2D eigenvalue weighted by atomic mass is 32.2. The maximum atomic E-state index is 11.6. The molecule has 0 amide bonds. The van der Waals surface area contributed by atoms with Crippen molar-refractivity contribution in [2.24, 2.45) is 5.41 Å². The maximum Gasteiger partial charge on any atom is 0.312 e. The Morgan fingerprint density at radius 1 is 1.07 bits per heavy atom. The molecule has 0 saturated heterocycles. The number of thioether (sulfide) groups is 1. The Kier molecular flexibility index (Phi) is 7.79. The van der Waals surface area contributed by atoms with E-state index >= 15 is 0 Å². The third-order valence-corrected chi connectivity index (χ3v) is 4.30. The van der Waals surface area contributed by atoms with Crippen LogP contribution in [0.2, 0.25) is 0 Å². The van der Waals surface area contributed by atoms with Gasteiger partial charge in [-0.1, -0.05) is 23.6 Å². The molecule has 0 saturated carbocycles. The summed E-state index contributed by atoms with van der Waals surface area (Å²) in [6, 6.07) is 3.46. The van der Waals surface area contributed by atoms with E-state index in [4.69, 9.17) is 23.4 Å². The van der Waals surface area contributed by atoms with Crippen LogP contribution in [-0.2, 0) is 9.53 Å². The van der Waals surface area contributed by atoms with E-state index in [2.05, 4.69) is 22.0 Å². The summed E-state index contributed by atoms with van der Waals surface area (Å²) in [4.78, 5) is 11.6. The van der Waals surface area contributed by atoms with Crippen LogP contribution in [0.5, 0.6) is 17.2 Å². The van der Waals surface area contributed by atoms with E-state index in [1.807, 2.05) is 0 Å². The van der Waals surface area contributed by atoms with Gasteiger partial charge in [0.15, 0.2) is 18.1 Å². The van der Waals surface area contributed by atoms with Gasteiger partial charge in [-0.15, -0.1) is 10.2 Å². The van der Waals surface area contributed by atoms with Crippen LogP contribution in [0.3, 0.4) is 0 Å². The minimum atomic E-state index is -0.538. The van der Waals surface area contributed by atoms with Gasteiger partial charge in [0, 0.05) is 5.56 Å². The minimum Gasteiger partial charge on any atom is -0.493 e. The van der Waals surface area contributed by atoms with Gasteiger partial charge in [-0.05, 0) is 32.9 Å². The molecule has 9 heteroatoms. The quantitative estimate of drug-likeness (QED) is 0.379. The number of ether oxygens (including phenoxy) is 4. The number of benzene rings is 1. The number of aromatic nitrogens is 2. The van der Waals surface area contributed by atoms with Gasteiger partial charge in [0.25, 0.3) is 5.22 Å². The van der Waals surface area contributed by atoms with E-state index in [1.54, 1.807) is 32.9 Å². The molecular formula is C20H24N2O6S. The summed E-state index contributed by atoms with van der Waals surface area (Å²) >= 11 is 1.29. The van der Waals surface area contributed by atoms with Gasteiger partial charge in [-0.3, -0.25) is 4.79 Å². The normalized spacial score (nSPS) is 10.7. The molecule has 0 radical (unpaired) electrons. The zero-order valence-electron chi connectivity index (χ0n) is 17.3. The fourth-order valence-corrected chi connectivity index (χ4v) is 2.64. The summed E-state index contributed by atoms with van der Waals surface area (Å²) in [5, 5.41) is 8.43. The fraction of sp³-hybridized carbons (Fsp3) is 0.450. The number of carbonyl (C=O) groups is 1. The van der Waals surface area contributed by atoms with Crippen molar-refractivity contribution >= 4 is 17.7 Å². The Labute approximate surface area is 174 Å². The Balaban J connectivity index is 1.98. The zero-order valence-corrected chi connectivity index (χ0v) is 18.1. The SMILES string of the molecule is COc1cc(-c2nnc(SCC#CCOC(=O)C(C)(C)C)o2)cc(OC)c1OC. The maximum absolute atomic E-state index is 11.6. The molecule has 0 aliphatic heterocycles. The van der Waals surface area contributed by atoms with Crippen LogP contribution in [0, 0.1) is 17.3 Å². The third kappa shape index (κ3) is 6.06. The smallest absolute Gasteiger partial charge is 0.312 e. The molecule has 8 nitrogen and oxygen atoms in total. The minimum absolute atomic E-state index is 0.0528. The Hall–Kier alpha value is -2.86. The summed E-state index contributed by atoms with van der Waals surface area (Å²) in [5.41, 5.74) is 0.0997. The van der Waals surface area contributed by atoms with Crippen LogP contribution in [0.25, 0.3) is 11.5 Å². The standard InChI is InChI=1S/C20H24N2O6S/c1-20(2,3)18(23)27-9-7-8-10-29-19-22-21-17(28-19)13-11-14(24-4)16(26-6)15(12-13)25-5/h11-12H,9-10H2,1-6H3. The van der Waals surface area contributed by atoms with Gasteiger partial charge in [0.05, 0.1) is 32.5 Å². The molecular weight excluding hydrogens is 396 g/mol. The second kappa shape index (κ2) is 10.1. The number of carbonyl (C=O) groups excluding carboxylic acids is 1. The Bertz CT molecular complexity index is 883.